The van der Waals surface area contributed by atoms with E-state index < -0.39 is 0 Å². The van der Waals surface area contributed by atoms with Crippen LogP contribution in [-0.4, -0.2) is 37.3 Å². The van der Waals surface area contributed by atoms with Crippen molar-refractivity contribution in [2.45, 2.75) is 13.8 Å². The number of rotatable bonds is 9. The zero-order valence-electron chi connectivity index (χ0n) is 17.3. The van der Waals surface area contributed by atoms with Crippen molar-refractivity contribution in [2.24, 2.45) is 0 Å². The molecule has 1 aromatic heterocycles. The molecule has 3 rings (SSSR count). The quantitative estimate of drug-likeness (QED) is 0.540. The zero-order valence-corrected chi connectivity index (χ0v) is 17.3. The molecule has 0 saturated carbocycles. The number of benzene rings is 2. The molecular formula is C22H27N5O2. The van der Waals surface area contributed by atoms with Crippen molar-refractivity contribution >= 4 is 28.7 Å². The second-order valence-corrected chi connectivity index (χ2v) is 6.32. The monoisotopic (exact) mass is 393 g/mol. The number of nitrogens with zero attached hydrogens (tertiary/aromatic N) is 3. The molecule has 0 bridgehead atoms. The molecule has 152 valence electrons. The topological polar surface area (TPSA) is 71.5 Å². The van der Waals surface area contributed by atoms with E-state index in [9.17, 15) is 0 Å². The van der Waals surface area contributed by atoms with Crippen LogP contribution in [0.15, 0.2) is 54.9 Å². The van der Waals surface area contributed by atoms with Gasteiger partial charge in [0.2, 0.25) is 0 Å². The fraction of sp³-hybridized carbons (Fsp3) is 0.273. The van der Waals surface area contributed by atoms with Gasteiger partial charge in [0.1, 0.15) is 29.5 Å². The molecule has 0 unspecified atom stereocenters. The molecule has 0 spiro atoms. The second-order valence-electron chi connectivity index (χ2n) is 6.32. The molecule has 0 radical (unpaired) electrons. The fourth-order valence-corrected chi connectivity index (χ4v) is 3.04. The van der Waals surface area contributed by atoms with Crippen LogP contribution in [0.1, 0.15) is 13.8 Å². The second kappa shape index (κ2) is 9.64. The molecular weight excluding hydrogens is 366 g/mol. The summed E-state index contributed by atoms with van der Waals surface area (Å²) in [5.74, 6) is 2.77. The van der Waals surface area contributed by atoms with Crippen LogP contribution in [0.3, 0.4) is 0 Å². The number of methoxy groups -OCH3 is 2. The van der Waals surface area contributed by atoms with Gasteiger partial charge in [0.25, 0.3) is 0 Å². The van der Waals surface area contributed by atoms with Gasteiger partial charge in [-0.25, -0.2) is 9.97 Å². The van der Waals surface area contributed by atoms with E-state index in [0.29, 0.717) is 17.4 Å². The summed E-state index contributed by atoms with van der Waals surface area (Å²) in [5.41, 5.74) is 2.93. The normalized spacial score (nSPS) is 10.3. The lowest BCUT2D eigenvalue weighted by molar-refractivity contribution is 0.405. The first-order valence-corrected chi connectivity index (χ1v) is 9.60. The summed E-state index contributed by atoms with van der Waals surface area (Å²) in [6.07, 6.45) is 1.52. The van der Waals surface area contributed by atoms with Crippen LogP contribution in [0, 0.1) is 0 Å². The van der Waals surface area contributed by atoms with Crippen LogP contribution in [0.5, 0.6) is 11.5 Å². The van der Waals surface area contributed by atoms with E-state index in [4.69, 9.17) is 9.47 Å². The fourth-order valence-electron chi connectivity index (χ4n) is 3.04. The molecule has 0 atom stereocenters. The highest BCUT2D eigenvalue weighted by Crippen LogP contribution is 2.31. The van der Waals surface area contributed by atoms with Gasteiger partial charge in [-0.1, -0.05) is 0 Å². The van der Waals surface area contributed by atoms with E-state index in [1.165, 1.54) is 12.0 Å². The van der Waals surface area contributed by atoms with Crippen LogP contribution < -0.4 is 25.0 Å². The van der Waals surface area contributed by atoms with Crippen LogP contribution in [0.4, 0.5) is 28.7 Å². The first-order valence-electron chi connectivity index (χ1n) is 9.60. The van der Waals surface area contributed by atoms with E-state index in [-0.39, 0.29) is 0 Å². The van der Waals surface area contributed by atoms with Gasteiger partial charge in [-0.05, 0) is 50.2 Å². The van der Waals surface area contributed by atoms with Gasteiger partial charge in [0, 0.05) is 36.6 Å². The van der Waals surface area contributed by atoms with Gasteiger partial charge in [0.15, 0.2) is 0 Å². The third kappa shape index (κ3) is 5.07. The summed E-state index contributed by atoms with van der Waals surface area (Å²) >= 11 is 0. The molecule has 7 nitrogen and oxygen atoms in total. The van der Waals surface area contributed by atoms with E-state index in [0.717, 1.165) is 30.2 Å². The zero-order chi connectivity index (χ0) is 20.6. The maximum atomic E-state index is 5.41. The standard InChI is InChI=1S/C22H27N5O2/c1-5-27(6-2)17-9-7-16(8-10-17)25-21-14-22(24-15-23-21)26-19-13-18(28-3)11-12-20(19)29-4/h7-15H,5-6H2,1-4H3,(H2,23,24,25,26). The Bertz CT molecular complexity index is 927. The van der Waals surface area contributed by atoms with Crippen molar-refractivity contribution in [1.82, 2.24) is 9.97 Å². The molecule has 0 aliphatic carbocycles. The lowest BCUT2D eigenvalue weighted by atomic mass is 10.2. The van der Waals surface area contributed by atoms with Crippen molar-refractivity contribution in [2.75, 3.05) is 42.8 Å². The summed E-state index contributed by atoms with van der Waals surface area (Å²) in [6, 6.07) is 15.7. The molecule has 29 heavy (non-hydrogen) atoms. The molecule has 7 heteroatoms. The predicted octanol–water partition coefficient (Wildman–Crippen LogP) is 4.83. The summed E-state index contributed by atoms with van der Waals surface area (Å²) in [7, 11) is 3.26. The number of aromatic nitrogens is 2. The summed E-state index contributed by atoms with van der Waals surface area (Å²) in [4.78, 5) is 10.9. The van der Waals surface area contributed by atoms with Gasteiger partial charge >= 0.3 is 0 Å². The van der Waals surface area contributed by atoms with Gasteiger partial charge < -0.3 is 25.0 Å². The summed E-state index contributed by atoms with van der Waals surface area (Å²) in [5, 5.41) is 6.58. The third-order valence-corrected chi connectivity index (χ3v) is 4.60. The minimum absolute atomic E-state index is 0.647. The lowest BCUT2D eigenvalue weighted by Gasteiger charge is -2.21. The Hall–Kier alpha value is -3.48. The predicted molar refractivity (Wildman–Crippen MR) is 118 cm³/mol. The smallest absolute Gasteiger partial charge is 0.142 e. The number of nitrogens with one attached hydrogen (secondary N) is 2. The third-order valence-electron chi connectivity index (χ3n) is 4.60. The lowest BCUT2D eigenvalue weighted by Crippen LogP contribution is -2.21. The Morgan fingerprint density at radius 1 is 0.828 bits per heavy atom. The SMILES string of the molecule is CCN(CC)c1ccc(Nc2cc(Nc3cc(OC)ccc3OC)ncn2)cc1. The first-order chi connectivity index (χ1) is 14.2. The van der Waals surface area contributed by atoms with Gasteiger partial charge in [-0.3, -0.25) is 0 Å². The Morgan fingerprint density at radius 2 is 1.52 bits per heavy atom. The average molecular weight is 393 g/mol. The van der Waals surface area contributed by atoms with Gasteiger partial charge in [-0.15, -0.1) is 0 Å². The molecule has 2 aromatic carbocycles. The first kappa shape index (κ1) is 20.3. The Labute approximate surface area is 171 Å². The van der Waals surface area contributed by atoms with Crippen LogP contribution in [-0.2, 0) is 0 Å². The minimum Gasteiger partial charge on any atom is -0.497 e. The van der Waals surface area contributed by atoms with Crippen LogP contribution in [0.2, 0.25) is 0 Å². The van der Waals surface area contributed by atoms with Crippen molar-refractivity contribution in [3.63, 3.8) is 0 Å². The van der Waals surface area contributed by atoms with E-state index >= 15 is 0 Å². The van der Waals surface area contributed by atoms with Crippen LogP contribution in [0.25, 0.3) is 0 Å². The molecule has 2 N–H and O–H groups in total. The Morgan fingerprint density at radius 3 is 2.14 bits per heavy atom. The average Bonchev–Trinajstić information content (AvgIpc) is 2.76. The highest BCUT2D eigenvalue weighted by Gasteiger charge is 2.08. The minimum atomic E-state index is 0.647. The number of ether oxygens (including phenoxy) is 2. The maximum Gasteiger partial charge on any atom is 0.142 e. The largest absolute Gasteiger partial charge is 0.497 e. The number of hydrogen-bond acceptors (Lipinski definition) is 7. The van der Waals surface area contributed by atoms with Crippen molar-refractivity contribution in [3.05, 3.63) is 54.9 Å². The molecule has 0 fully saturated rings. The summed E-state index contributed by atoms with van der Waals surface area (Å²) in [6.45, 7) is 6.28. The summed E-state index contributed by atoms with van der Waals surface area (Å²) < 4.78 is 10.7. The van der Waals surface area contributed by atoms with Crippen molar-refractivity contribution in [1.29, 1.82) is 0 Å². The van der Waals surface area contributed by atoms with Gasteiger partial charge in [-0.2, -0.15) is 0 Å². The number of anilines is 5. The molecule has 0 aliphatic rings. The van der Waals surface area contributed by atoms with E-state index in [1.54, 1.807) is 14.2 Å². The Balaban J connectivity index is 1.75. The molecule has 3 aromatic rings. The highest BCUT2D eigenvalue weighted by molar-refractivity contribution is 5.69. The highest BCUT2D eigenvalue weighted by atomic mass is 16.5. The van der Waals surface area contributed by atoms with Gasteiger partial charge in [0.05, 0.1) is 19.9 Å². The van der Waals surface area contributed by atoms with Crippen molar-refractivity contribution < 1.29 is 9.47 Å². The maximum absolute atomic E-state index is 5.41. The van der Waals surface area contributed by atoms with Crippen LogP contribution >= 0.6 is 0 Å². The van der Waals surface area contributed by atoms with E-state index in [2.05, 4.69) is 51.5 Å². The number of hydrogen-bond donors (Lipinski definition) is 2. The molecule has 1 heterocycles. The Kier molecular flexibility index (Phi) is 6.73. The molecule has 0 amide bonds. The van der Waals surface area contributed by atoms with Crippen molar-refractivity contribution in [3.8, 4) is 11.5 Å². The molecule has 0 saturated heterocycles. The van der Waals surface area contributed by atoms with E-state index in [1.807, 2.05) is 36.4 Å². The molecule has 0 aliphatic heterocycles.